The van der Waals surface area contributed by atoms with Gasteiger partial charge in [0.05, 0.1) is 11.1 Å². The van der Waals surface area contributed by atoms with Gasteiger partial charge in [-0.25, -0.2) is 0 Å². The Morgan fingerprint density at radius 3 is 2.70 bits per heavy atom. The van der Waals surface area contributed by atoms with Crippen molar-refractivity contribution in [2.24, 2.45) is 0 Å². The number of rotatable bonds is 4. The fourth-order valence-electron chi connectivity index (χ4n) is 3.05. The second-order valence-electron chi connectivity index (χ2n) is 5.64. The molecule has 2 N–H and O–H groups in total. The number of likely N-dealkylation sites (N-methyl/N-ethyl adjacent to an activating group) is 1. The van der Waals surface area contributed by atoms with E-state index in [9.17, 15) is 19.2 Å². The van der Waals surface area contributed by atoms with Crippen molar-refractivity contribution in [3.8, 4) is 0 Å². The lowest BCUT2D eigenvalue weighted by Crippen LogP contribution is -2.54. The average molecular weight is 315 g/mol. The topological polar surface area (TPSA) is 95.6 Å². The fourth-order valence-corrected chi connectivity index (χ4v) is 3.05. The number of fused-ring (bicyclic) bond motifs is 1. The van der Waals surface area contributed by atoms with Crippen molar-refractivity contribution in [3.05, 3.63) is 34.9 Å². The van der Waals surface area contributed by atoms with Crippen LogP contribution in [0.2, 0.25) is 0 Å². The van der Waals surface area contributed by atoms with Crippen molar-refractivity contribution in [3.63, 3.8) is 0 Å². The van der Waals surface area contributed by atoms with Crippen LogP contribution in [0.3, 0.4) is 0 Å². The van der Waals surface area contributed by atoms with E-state index in [0.717, 1.165) is 10.5 Å². The molecule has 7 heteroatoms. The quantitative estimate of drug-likeness (QED) is 0.753. The number of hydrogen-bond acceptors (Lipinski definition) is 5. The van der Waals surface area contributed by atoms with E-state index in [1.54, 1.807) is 12.1 Å². The second kappa shape index (κ2) is 5.92. The highest BCUT2D eigenvalue weighted by molar-refractivity contribution is 6.24. The van der Waals surface area contributed by atoms with Crippen LogP contribution in [-0.2, 0) is 16.0 Å². The minimum atomic E-state index is -0.919. The summed E-state index contributed by atoms with van der Waals surface area (Å²) >= 11 is 0. The SMILES string of the molecule is CNCCc1cccc2c1C(=O)N(C1CCC(=O)NC1=O)C2=O. The van der Waals surface area contributed by atoms with Gasteiger partial charge in [-0.05, 0) is 38.1 Å². The van der Waals surface area contributed by atoms with Crippen molar-refractivity contribution in [2.45, 2.75) is 25.3 Å². The van der Waals surface area contributed by atoms with E-state index in [1.165, 1.54) is 0 Å². The number of benzene rings is 1. The Morgan fingerprint density at radius 1 is 1.22 bits per heavy atom. The standard InChI is InChI=1S/C16H17N3O4/c1-17-8-7-9-3-2-4-10-13(9)16(23)19(15(10)22)11-5-6-12(20)18-14(11)21/h2-4,11,17H,5-8H2,1H3,(H,18,20,21). The van der Waals surface area contributed by atoms with E-state index in [1.807, 2.05) is 13.1 Å². The normalized spacial score (nSPS) is 20.7. The summed E-state index contributed by atoms with van der Waals surface area (Å²) in [5.41, 5.74) is 1.48. The number of imide groups is 2. The zero-order valence-corrected chi connectivity index (χ0v) is 12.7. The number of piperidine rings is 1. The van der Waals surface area contributed by atoms with Gasteiger partial charge in [-0.2, -0.15) is 0 Å². The van der Waals surface area contributed by atoms with Crippen LogP contribution in [0.4, 0.5) is 0 Å². The zero-order valence-electron chi connectivity index (χ0n) is 12.7. The summed E-state index contributed by atoms with van der Waals surface area (Å²) in [4.78, 5) is 49.6. The van der Waals surface area contributed by atoms with Crippen molar-refractivity contribution in [1.29, 1.82) is 0 Å². The Labute approximate surface area is 133 Å². The van der Waals surface area contributed by atoms with E-state index in [4.69, 9.17) is 0 Å². The highest BCUT2D eigenvalue weighted by Gasteiger charge is 2.45. The maximum Gasteiger partial charge on any atom is 0.262 e. The number of amides is 4. The molecule has 120 valence electrons. The molecule has 0 saturated carbocycles. The molecule has 1 saturated heterocycles. The molecule has 0 aromatic heterocycles. The minimum absolute atomic E-state index is 0.121. The van der Waals surface area contributed by atoms with Gasteiger partial charge in [0.15, 0.2) is 0 Å². The highest BCUT2D eigenvalue weighted by atomic mass is 16.2. The molecule has 1 atom stereocenters. The summed E-state index contributed by atoms with van der Waals surface area (Å²) < 4.78 is 0. The van der Waals surface area contributed by atoms with Gasteiger partial charge in [-0.1, -0.05) is 12.1 Å². The lowest BCUT2D eigenvalue weighted by atomic mass is 10.0. The lowest BCUT2D eigenvalue weighted by Gasteiger charge is -2.27. The van der Waals surface area contributed by atoms with E-state index < -0.39 is 23.8 Å². The molecule has 0 aliphatic carbocycles. The molecular weight excluding hydrogens is 298 g/mol. The molecule has 7 nitrogen and oxygen atoms in total. The van der Waals surface area contributed by atoms with Crippen molar-refractivity contribution in [2.75, 3.05) is 13.6 Å². The lowest BCUT2D eigenvalue weighted by molar-refractivity contribution is -0.136. The van der Waals surface area contributed by atoms with Gasteiger partial charge >= 0.3 is 0 Å². The second-order valence-corrected chi connectivity index (χ2v) is 5.64. The predicted molar refractivity (Wildman–Crippen MR) is 80.7 cm³/mol. The van der Waals surface area contributed by atoms with Gasteiger partial charge in [-0.3, -0.25) is 29.4 Å². The Hall–Kier alpha value is -2.54. The maximum absolute atomic E-state index is 12.7. The first-order valence-electron chi connectivity index (χ1n) is 7.52. The van der Waals surface area contributed by atoms with Gasteiger partial charge in [0, 0.05) is 6.42 Å². The van der Waals surface area contributed by atoms with Crippen LogP contribution >= 0.6 is 0 Å². The molecule has 1 aromatic carbocycles. The Balaban J connectivity index is 1.94. The molecule has 2 heterocycles. The monoisotopic (exact) mass is 315 g/mol. The highest BCUT2D eigenvalue weighted by Crippen LogP contribution is 2.29. The van der Waals surface area contributed by atoms with E-state index in [-0.39, 0.29) is 18.7 Å². The molecule has 4 amide bonds. The van der Waals surface area contributed by atoms with Crippen molar-refractivity contribution < 1.29 is 19.2 Å². The van der Waals surface area contributed by atoms with Gasteiger partial charge < -0.3 is 5.32 Å². The zero-order chi connectivity index (χ0) is 16.6. The molecule has 1 aromatic rings. The Kier molecular flexibility index (Phi) is 3.96. The molecule has 0 radical (unpaired) electrons. The summed E-state index contributed by atoms with van der Waals surface area (Å²) in [5, 5.41) is 5.20. The van der Waals surface area contributed by atoms with Gasteiger partial charge in [0.2, 0.25) is 11.8 Å². The molecule has 23 heavy (non-hydrogen) atoms. The molecule has 1 fully saturated rings. The van der Waals surface area contributed by atoms with Crippen molar-refractivity contribution >= 4 is 23.6 Å². The maximum atomic E-state index is 12.7. The van der Waals surface area contributed by atoms with Crippen LogP contribution in [0, 0.1) is 0 Å². The number of carbonyl (C=O) groups is 4. The Morgan fingerprint density at radius 2 is 2.00 bits per heavy atom. The van der Waals surface area contributed by atoms with Gasteiger partial charge in [-0.15, -0.1) is 0 Å². The number of hydrogen-bond donors (Lipinski definition) is 2. The predicted octanol–water partition coefficient (Wildman–Crippen LogP) is -0.150. The third-order valence-corrected chi connectivity index (χ3v) is 4.20. The molecule has 3 rings (SSSR count). The number of nitrogens with zero attached hydrogens (tertiary/aromatic N) is 1. The number of nitrogens with one attached hydrogen (secondary N) is 2. The summed E-state index contributed by atoms with van der Waals surface area (Å²) in [7, 11) is 1.81. The molecular formula is C16H17N3O4. The van der Waals surface area contributed by atoms with Crippen LogP contribution in [0.15, 0.2) is 18.2 Å². The fraction of sp³-hybridized carbons (Fsp3) is 0.375. The first kappa shape index (κ1) is 15.4. The molecule has 1 unspecified atom stereocenters. The molecule has 2 aliphatic heterocycles. The van der Waals surface area contributed by atoms with Crippen LogP contribution in [0.1, 0.15) is 39.1 Å². The van der Waals surface area contributed by atoms with Crippen LogP contribution < -0.4 is 10.6 Å². The van der Waals surface area contributed by atoms with Crippen LogP contribution in [-0.4, -0.2) is 48.2 Å². The third-order valence-electron chi connectivity index (χ3n) is 4.20. The molecule has 0 spiro atoms. The average Bonchev–Trinajstić information content (AvgIpc) is 2.78. The summed E-state index contributed by atoms with van der Waals surface area (Å²) in [5.74, 6) is -1.89. The van der Waals surface area contributed by atoms with Crippen LogP contribution in [0.25, 0.3) is 0 Å². The minimum Gasteiger partial charge on any atom is -0.319 e. The van der Waals surface area contributed by atoms with E-state index in [2.05, 4.69) is 10.6 Å². The molecule has 0 bridgehead atoms. The Bertz CT molecular complexity index is 713. The molecule has 2 aliphatic rings. The van der Waals surface area contributed by atoms with Crippen molar-refractivity contribution in [1.82, 2.24) is 15.5 Å². The van der Waals surface area contributed by atoms with E-state index in [0.29, 0.717) is 24.1 Å². The van der Waals surface area contributed by atoms with Gasteiger partial charge in [0.25, 0.3) is 11.8 Å². The van der Waals surface area contributed by atoms with Gasteiger partial charge in [0.1, 0.15) is 6.04 Å². The summed E-state index contributed by atoms with van der Waals surface area (Å²) in [6.45, 7) is 0.677. The first-order valence-corrected chi connectivity index (χ1v) is 7.52. The summed E-state index contributed by atoms with van der Waals surface area (Å²) in [6, 6.07) is 4.24. The third kappa shape index (κ3) is 2.53. The first-order chi connectivity index (χ1) is 11.0. The van der Waals surface area contributed by atoms with Crippen LogP contribution in [0.5, 0.6) is 0 Å². The summed E-state index contributed by atoms with van der Waals surface area (Å²) in [6.07, 6.45) is 0.903. The van der Waals surface area contributed by atoms with E-state index >= 15 is 0 Å². The number of carbonyl (C=O) groups excluding carboxylic acids is 4. The smallest absolute Gasteiger partial charge is 0.262 e. The largest absolute Gasteiger partial charge is 0.319 e.